The van der Waals surface area contributed by atoms with E-state index in [1.54, 1.807) is 0 Å². The number of rotatable bonds is 6. The molecule has 108 valence electrons. The predicted molar refractivity (Wildman–Crippen MR) is 88.4 cm³/mol. The van der Waals surface area contributed by atoms with Gasteiger partial charge in [0.15, 0.2) is 0 Å². The highest BCUT2D eigenvalue weighted by atomic mass is 79.9. The van der Waals surface area contributed by atoms with Gasteiger partial charge in [-0.1, -0.05) is 46.3 Å². The number of hydrogen-bond acceptors (Lipinski definition) is 2. The van der Waals surface area contributed by atoms with E-state index >= 15 is 0 Å². The van der Waals surface area contributed by atoms with Crippen LogP contribution in [0.2, 0.25) is 0 Å². The zero-order valence-electron chi connectivity index (χ0n) is 12.1. The van der Waals surface area contributed by atoms with Crippen LogP contribution in [0.25, 0.3) is 0 Å². The molecule has 0 aliphatic carbocycles. The summed E-state index contributed by atoms with van der Waals surface area (Å²) in [5, 5.41) is 9.48. The van der Waals surface area contributed by atoms with Crippen LogP contribution in [0.4, 0.5) is 0 Å². The Morgan fingerprint density at radius 1 is 1.14 bits per heavy atom. The molecule has 2 nitrogen and oxygen atoms in total. The zero-order chi connectivity index (χ0) is 15.1. The van der Waals surface area contributed by atoms with Crippen molar-refractivity contribution >= 4 is 15.9 Å². The molecule has 2 aromatic rings. The van der Waals surface area contributed by atoms with E-state index < -0.39 is 0 Å². The smallest absolute Gasteiger partial charge is 0.123 e. The van der Waals surface area contributed by atoms with E-state index in [1.165, 1.54) is 5.56 Å². The van der Waals surface area contributed by atoms with Gasteiger partial charge in [0, 0.05) is 10.0 Å². The van der Waals surface area contributed by atoms with Crippen molar-refractivity contribution < 1.29 is 4.74 Å². The monoisotopic (exact) mass is 343 g/mol. The molecule has 0 heterocycles. The second kappa shape index (κ2) is 7.85. The molecule has 0 amide bonds. The number of nitriles is 1. The summed E-state index contributed by atoms with van der Waals surface area (Å²) in [7, 11) is 0. The average Bonchev–Trinajstić information content (AvgIpc) is 2.51. The molecule has 2 rings (SSSR count). The molecule has 0 bridgehead atoms. The molecule has 2 aromatic carbocycles. The van der Waals surface area contributed by atoms with Crippen LogP contribution in [0.1, 0.15) is 30.4 Å². The molecule has 1 unspecified atom stereocenters. The van der Waals surface area contributed by atoms with Crippen LogP contribution in [0.5, 0.6) is 5.75 Å². The fourth-order valence-electron chi connectivity index (χ4n) is 2.31. The SMILES string of the molecule is CCOc1ccccc1C(C#N)CCc1ccc(Br)cc1. The molecule has 0 saturated carbocycles. The molecule has 0 saturated heterocycles. The number of hydrogen-bond donors (Lipinski definition) is 0. The Morgan fingerprint density at radius 2 is 1.86 bits per heavy atom. The van der Waals surface area contributed by atoms with Crippen LogP contribution in [0.15, 0.2) is 53.0 Å². The second-order valence-corrected chi connectivity index (χ2v) is 5.73. The first-order valence-corrected chi connectivity index (χ1v) is 7.89. The lowest BCUT2D eigenvalue weighted by atomic mass is 9.93. The van der Waals surface area contributed by atoms with Gasteiger partial charge in [0.25, 0.3) is 0 Å². The lowest BCUT2D eigenvalue weighted by Crippen LogP contribution is -2.03. The summed E-state index contributed by atoms with van der Waals surface area (Å²) in [6.07, 6.45) is 1.67. The van der Waals surface area contributed by atoms with Gasteiger partial charge >= 0.3 is 0 Å². The van der Waals surface area contributed by atoms with Crippen molar-refractivity contribution in [3.05, 3.63) is 64.1 Å². The maximum Gasteiger partial charge on any atom is 0.123 e. The highest BCUT2D eigenvalue weighted by Crippen LogP contribution is 2.29. The number of halogens is 1. The number of ether oxygens (including phenoxy) is 1. The van der Waals surface area contributed by atoms with Crippen LogP contribution in [-0.2, 0) is 6.42 Å². The Kier molecular flexibility index (Phi) is 5.83. The predicted octanol–water partition coefficient (Wildman–Crippen LogP) is 5.09. The molecule has 21 heavy (non-hydrogen) atoms. The summed E-state index contributed by atoms with van der Waals surface area (Å²) in [4.78, 5) is 0. The highest BCUT2D eigenvalue weighted by molar-refractivity contribution is 9.10. The van der Waals surface area contributed by atoms with Crippen molar-refractivity contribution in [3.8, 4) is 11.8 Å². The van der Waals surface area contributed by atoms with Gasteiger partial charge in [0.05, 0.1) is 18.6 Å². The summed E-state index contributed by atoms with van der Waals surface area (Å²) in [5.74, 6) is 0.679. The molecule has 0 spiro atoms. The Morgan fingerprint density at radius 3 is 2.52 bits per heavy atom. The summed E-state index contributed by atoms with van der Waals surface area (Å²) in [6, 6.07) is 18.5. The van der Waals surface area contributed by atoms with Crippen molar-refractivity contribution in [2.45, 2.75) is 25.7 Å². The van der Waals surface area contributed by atoms with Crippen LogP contribution in [0, 0.1) is 11.3 Å². The van der Waals surface area contributed by atoms with E-state index in [0.29, 0.717) is 6.61 Å². The summed E-state index contributed by atoms with van der Waals surface area (Å²) in [5.41, 5.74) is 2.23. The van der Waals surface area contributed by atoms with Gasteiger partial charge in [0.2, 0.25) is 0 Å². The van der Waals surface area contributed by atoms with Gasteiger partial charge < -0.3 is 4.74 Å². The van der Waals surface area contributed by atoms with Gasteiger partial charge in [-0.2, -0.15) is 5.26 Å². The molecular formula is C18H18BrNO. The van der Waals surface area contributed by atoms with E-state index in [-0.39, 0.29) is 5.92 Å². The van der Waals surface area contributed by atoms with Crippen molar-refractivity contribution in [2.75, 3.05) is 6.61 Å². The first-order valence-electron chi connectivity index (χ1n) is 7.10. The van der Waals surface area contributed by atoms with Gasteiger partial charge in [0.1, 0.15) is 5.75 Å². The first-order chi connectivity index (χ1) is 10.2. The number of aryl methyl sites for hydroxylation is 1. The van der Waals surface area contributed by atoms with E-state index in [1.807, 2.05) is 43.3 Å². The molecule has 0 radical (unpaired) electrons. The quantitative estimate of drug-likeness (QED) is 0.731. The minimum atomic E-state index is -0.142. The Balaban J connectivity index is 2.10. The fourth-order valence-corrected chi connectivity index (χ4v) is 2.57. The Bertz CT molecular complexity index is 616. The second-order valence-electron chi connectivity index (χ2n) is 4.82. The van der Waals surface area contributed by atoms with Gasteiger partial charge in [-0.05, 0) is 43.5 Å². The number of nitrogens with zero attached hydrogens (tertiary/aromatic N) is 1. The third kappa shape index (κ3) is 4.34. The Labute approximate surface area is 134 Å². The molecule has 0 aliphatic rings. The Hall–Kier alpha value is -1.79. The van der Waals surface area contributed by atoms with Crippen molar-refractivity contribution in [2.24, 2.45) is 0 Å². The highest BCUT2D eigenvalue weighted by Gasteiger charge is 2.15. The van der Waals surface area contributed by atoms with Crippen LogP contribution in [0.3, 0.4) is 0 Å². The molecule has 0 aliphatic heterocycles. The molecule has 0 fully saturated rings. The fraction of sp³-hybridized carbons (Fsp3) is 0.278. The molecular weight excluding hydrogens is 326 g/mol. The minimum Gasteiger partial charge on any atom is -0.494 e. The number of para-hydroxylation sites is 1. The average molecular weight is 344 g/mol. The maximum atomic E-state index is 9.48. The summed E-state index contributed by atoms with van der Waals surface area (Å²) in [6.45, 7) is 2.57. The lowest BCUT2D eigenvalue weighted by molar-refractivity contribution is 0.335. The number of benzene rings is 2. The van der Waals surface area contributed by atoms with Crippen molar-refractivity contribution in [1.82, 2.24) is 0 Å². The van der Waals surface area contributed by atoms with Crippen LogP contribution < -0.4 is 4.74 Å². The van der Waals surface area contributed by atoms with Crippen molar-refractivity contribution in [3.63, 3.8) is 0 Å². The van der Waals surface area contributed by atoms with E-state index in [9.17, 15) is 5.26 Å². The molecule has 1 atom stereocenters. The molecule has 0 aromatic heterocycles. The van der Waals surface area contributed by atoms with Crippen molar-refractivity contribution in [1.29, 1.82) is 5.26 Å². The third-order valence-electron chi connectivity index (χ3n) is 3.39. The molecule has 3 heteroatoms. The minimum absolute atomic E-state index is 0.142. The van der Waals surface area contributed by atoms with Crippen LogP contribution in [-0.4, -0.2) is 6.61 Å². The van der Waals surface area contributed by atoms with E-state index in [0.717, 1.165) is 28.6 Å². The maximum absolute atomic E-state index is 9.48. The van der Waals surface area contributed by atoms with Gasteiger partial charge in [-0.3, -0.25) is 0 Å². The first kappa shape index (κ1) is 15.6. The van der Waals surface area contributed by atoms with Gasteiger partial charge in [-0.15, -0.1) is 0 Å². The topological polar surface area (TPSA) is 33.0 Å². The standard InChI is InChI=1S/C18H18BrNO/c1-2-21-18-6-4-3-5-17(18)15(13-20)10-7-14-8-11-16(19)12-9-14/h3-6,8-9,11-12,15H,2,7,10H2,1H3. The summed E-state index contributed by atoms with van der Waals surface area (Å²) < 4.78 is 6.70. The van der Waals surface area contributed by atoms with Gasteiger partial charge in [-0.25, -0.2) is 0 Å². The summed E-state index contributed by atoms with van der Waals surface area (Å²) >= 11 is 3.43. The largest absolute Gasteiger partial charge is 0.494 e. The molecule has 0 N–H and O–H groups in total. The zero-order valence-corrected chi connectivity index (χ0v) is 13.6. The third-order valence-corrected chi connectivity index (χ3v) is 3.91. The normalized spacial score (nSPS) is 11.7. The lowest BCUT2D eigenvalue weighted by Gasteiger charge is -2.14. The van der Waals surface area contributed by atoms with E-state index in [4.69, 9.17) is 4.74 Å². The van der Waals surface area contributed by atoms with E-state index in [2.05, 4.69) is 34.1 Å². The van der Waals surface area contributed by atoms with Crippen LogP contribution >= 0.6 is 15.9 Å².